The molecule has 6 heteroatoms. The lowest BCUT2D eigenvalue weighted by molar-refractivity contribution is -0.119. The third-order valence-corrected chi connectivity index (χ3v) is 4.00. The fraction of sp³-hybridized carbons (Fsp3) is 0.200. The van der Waals surface area contributed by atoms with Gasteiger partial charge in [-0.15, -0.1) is 0 Å². The van der Waals surface area contributed by atoms with Crippen molar-refractivity contribution in [3.05, 3.63) is 65.2 Å². The van der Waals surface area contributed by atoms with E-state index in [1.54, 1.807) is 38.1 Å². The second-order valence-electron chi connectivity index (χ2n) is 6.25. The van der Waals surface area contributed by atoms with Crippen molar-refractivity contribution in [3.63, 3.8) is 0 Å². The highest BCUT2D eigenvalue weighted by molar-refractivity contribution is 6.21. The fourth-order valence-electron chi connectivity index (χ4n) is 2.68. The highest BCUT2D eigenvalue weighted by atomic mass is 19.1. The van der Waals surface area contributed by atoms with Crippen LogP contribution < -0.4 is 10.2 Å². The van der Waals surface area contributed by atoms with Gasteiger partial charge in [0.1, 0.15) is 11.7 Å². The number of rotatable bonds is 2. The molecular formula is C20H16F2N2O2. The smallest absolute Gasteiger partial charge is 0.325 e. The molecule has 1 fully saturated rings. The molecule has 0 spiro atoms. The zero-order valence-electron chi connectivity index (χ0n) is 14.2. The van der Waals surface area contributed by atoms with Crippen molar-refractivity contribution in [2.75, 3.05) is 4.90 Å². The van der Waals surface area contributed by atoms with E-state index in [9.17, 15) is 18.4 Å². The van der Waals surface area contributed by atoms with Crippen molar-refractivity contribution in [2.45, 2.75) is 19.9 Å². The number of imide groups is 1. The third kappa shape index (κ3) is 3.29. The average Bonchev–Trinajstić information content (AvgIpc) is 2.89. The van der Waals surface area contributed by atoms with Gasteiger partial charge in [-0.3, -0.25) is 4.79 Å². The van der Waals surface area contributed by atoms with Crippen molar-refractivity contribution in [1.29, 1.82) is 0 Å². The monoisotopic (exact) mass is 354 g/mol. The maximum absolute atomic E-state index is 14.5. The van der Waals surface area contributed by atoms with Gasteiger partial charge < -0.3 is 5.32 Å². The van der Waals surface area contributed by atoms with E-state index in [0.717, 1.165) is 12.1 Å². The second-order valence-corrected chi connectivity index (χ2v) is 6.25. The van der Waals surface area contributed by atoms with Crippen LogP contribution in [-0.2, 0) is 4.79 Å². The molecule has 1 aliphatic rings. The average molecular weight is 354 g/mol. The Morgan fingerprint density at radius 3 is 2.12 bits per heavy atom. The van der Waals surface area contributed by atoms with Crippen molar-refractivity contribution in [1.82, 2.24) is 5.32 Å². The molecular weight excluding hydrogens is 338 g/mol. The van der Waals surface area contributed by atoms with E-state index < -0.39 is 35.3 Å². The van der Waals surface area contributed by atoms with Gasteiger partial charge in [-0.1, -0.05) is 43.9 Å². The standard InChI is InChI=1S/C20H16F2N2O2/c1-12(2)17-19(25)24(20(26)23-17)18-15(21)10-14(11-16(18)22)9-8-13-6-4-3-5-7-13/h3-7,10-12,17H,1-2H3,(H,23,26). The highest BCUT2D eigenvalue weighted by Crippen LogP contribution is 2.29. The van der Waals surface area contributed by atoms with E-state index in [1.807, 2.05) is 6.07 Å². The number of urea groups is 1. The van der Waals surface area contributed by atoms with Crippen LogP contribution in [0.2, 0.25) is 0 Å². The molecule has 1 saturated heterocycles. The Bertz CT molecular complexity index is 907. The van der Waals surface area contributed by atoms with E-state index in [-0.39, 0.29) is 11.5 Å². The van der Waals surface area contributed by atoms with Crippen molar-refractivity contribution in [3.8, 4) is 11.8 Å². The number of nitrogens with one attached hydrogen (secondary N) is 1. The number of hydrogen-bond donors (Lipinski definition) is 1. The first-order valence-corrected chi connectivity index (χ1v) is 8.09. The summed E-state index contributed by atoms with van der Waals surface area (Å²) in [5, 5.41) is 2.44. The predicted molar refractivity (Wildman–Crippen MR) is 93.4 cm³/mol. The number of benzene rings is 2. The van der Waals surface area contributed by atoms with Crippen LogP contribution in [0.4, 0.5) is 19.3 Å². The number of anilines is 1. The summed E-state index contributed by atoms with van der Waals surface area (Å²) in [6.45, 7) is 3.47. The lowest BCUT2D eigenvalue weighted by Crippen LogP contribution is -2.35. The Balaban J connectivity index is 1.95. The Morgan fingerprint density at radius 1 is 1.00 bits per heavy atom. The molecule has 0 saturated carbocycles. The lowest BCUT2D eigenvalue weighted by atomic mass is 10.0. The molecule has 3 rings (SSSR count). The van der Waals surface area contributed by atoms with Gasteiger partial charge in [-0.05, 0) is 30.2 Å². The van der Waals surface area contributed by atoms with Crippen LogP contribution in [0.5, 0.6) is 0 Å². The molecule has 0 bridgehead atoms. The normalized spacial score (nSPS) is 16.5. The van der Waals surface area contributed by atoms with Gasteiger partial charge in [0, 0.05) is 11.1 Å². The Hall–Kier alpha value is -3.20. The second kappa shape index (κ2) is 6.96. The number of halogens is 2. The number of carbonyl (C=O) groups excluding carboxylic acids is 2. The molecule has 0 aliphatic carbocycles. The molecule has 26 heavy (non-hydrogen) atoms. The van der Waals surface area contributed by atoms with Gasteiger partial charge in [0.15, 0.2) is 11.6 Å². The SMILES string of the molecule is CC(C)C1NC(=O)N(c2c(F)cc(C#Cc3ccccc3)cc2F)C1=O. The van der Waals surface area contributed by atoms with E-state index in [1.165, 1.54) is 0 Å². The first kappa shape index (κ1) is 17.6. The van der Waals surface area contributed by atoms with Crippen LogP contribution in [0.25, 0.3) is 0 Å². The van der Waals surface area contributed by atoms with Gasteiger partial charge in [0.05, 0.1) is 0 Å². The van der Waals surface area contributed by atoms with E-state index >= 15 is 0 Å². The number of hydrogen-bond acceptors (Lipinski definition) is 2. The van der Waals surface area contributed by atoms with Crippen LogP contribution in [0.15, 0.2) is 42.5 Å². The topological polar surface area (TPSA) is 49.4 Å². The Morgan fingerprint density at radius 2 is 1.58 bits per heavy atom. The molecule has 0 aromatic heterocycles. The lowest BCUT2D eigenvalue weighted by Gasteiger charge is -2.16. The zero-order valence-corrected chi connectivity index (χ0v) is 14.2. The number of carbonyl (C=O) groups is 2. The molecule has 2 aromatic carbocycles. The molecule has 1 atom stereocenters. The maximum atomic E-state index is 14.5. The maximum Gasteiger partial charge on any atom is 0.329 e. The van der Waals surface area contributed by atoms with Crippen LogP contribution in [-0.4, -0.2) is 18.0 Å². The minimum absolute atomic E-state index is 0.111. The molecule has 1 heterocycles. The minimum atomic E-state index is -1.02. The van der Waals surface area contributed by atoms with Gasteiger partial charge in [-0.2, -0.15) is 0 Å². The Labute approximate surface area is 149 Å². The first-order valence-electron chi connectivity index (χ1n) is 8.09. The Kier molecular flexibility index (Phi) is 4.72. The van der Waals surface area contributed by atoms with E-state index in [4.69, 9.17) is 0 Å². The largest absolute Gasteiger partial charge is 0.329 e. The summed E-state index contributed by atoms with van der Waals surface area (Å²) in [5.74, 6) is 2.57. The quantitative estimate of drug-likeness (QED) is 0.663. The zero-order chi connectivity index (χ0) is 18.8. The van der Waals surface area contributed by atoms with Crippen LogP contribution in [0.1, 0.15) is 25.0 Å². The molecule has 132 valence electrons. The van der Waals surface area contributed by atoms with E-state index in [0.29, 0.717) is 10.5 Å². The van der Waals surface area contributed by atoms with Gasteiger partial charge >= 0.3 is 6.03 Å². The fourth-order valence-corrected chi connectivity index (χ4v) is 2.68. The summed E-state index contributed by atoms with van der Waals surface area (Å²) in [7, 11) is 0. The summed E-state index contributed by atoms with van der Waals surface area (Å²) in [5.41, 5.74) is 0.132. The number of nitrogens with zero attached hydrogens (tertiary/aromatic N) is 1. The summed E-state index contributed by atoms with van der Waals surface area (Å²) in [6, 6.07) is 9.36. The molecule has 1 N–H and O–H groups in total. The molecule has 3 amide bonds. The number of amides is 3. The van der Waals surface area contributed by atoms with Gasteiger partial charge in [0.2, 0.25) is 0 Å². The minimum Gasteiger partial charge on any atom is -0.325 e. The molecule has 2 aromatic rings. The summed E-state index contributed by atoms with van der Waals surface area (Å²) in [6.07, 6.45) is 0. The molecule has 1 aliphatic heterocycles. The third-order valence-electron chi connectivity index (χ3n) is 4.00. The van der Waals surface area contributed by atoms with Crippen molar-refractivity contribution >= 4 is 17.6 Å². The first-order chi connectivity index (χ1) is 12.4. The van der Waals surface area contributed by atoms with Crippen LogP contribution in [0, 0.1) is 29.4 Å². The van der Waals surface area contributed by atoms with Gasteiger partial charge in [0.25, 0.3) is 5.91 Å². The van der Waals surface area contributed by atoms with E-state index in [2.05, 4.69) is 17.2 Å². The van der Waals surface area contributed by atoms with Crippen LogP contribution in [0.3, 0.4) is 0 Å². The summed E-state index contributed by atoms with van der Waals surface area (Å²) < 4.78 is 29.0. The highest BCUT2D eigenvalue weighted by Gasteiger charge is 2.42. The molecule has 0 radical (unpaired) electrons. The van der Waals surface area contributed by atoms with Crippen LogP contribution >= 0.6 is 0 Å². The van der Waals surface area contributed by atoms with Crippen molar-refractivity contribution in [2.24, 2.45) is 5.92 Å². The van der Waals surface area contributed by atoms with Crippen molar-refractivity contribution < 1.29 is 18.4 Å². The predicted octanol–water partition coefficient (Wildman–Crippen LogP) is 3.45. The summed E-state index contributed by atoms with van der Waals surface area (Å²) >= 11 is 0. The molecule has 4 nitrogen and oxygen atoms in total. The summed E-state index contributed by atoms with van der Waals surface area (Å²) in [4.78, 5) is 24.9. The molecule has 1 unspecified atom stereocenters. The van der Waals surface area contributed by atoms with Gasteiger partial charge in [-0.25, -0.2) is 18.5 Å².